The number of carboxylic acids is 1. The van der Waals surface area contributed by atoms with Gasteiger partial charge in [0, 0.05) is 55.2 Å². The van der Waals surface area contributed by atoms with E-state index in [1.807, 2.05) is 73.3 Å². The molecule has 0 atom stereocenters. The summed E-state index contributed by atoms with van der Waals surface area (Å²) >= 11 is 0. The number of hydrogen-bond acceptors (Lipinski definition) is 4. The monoisotopic (exact) mass is 417 g/mol. The Bertz CT molecular complexity index is 1100. The van der Waals surface area contributed by atoms with E-state index in [0.29, 0.717) is 54.9 Å². The summed E-state index contributed by atoms with van der Waals surface area (Å²) in [5.74, 6) is -0.790. The number of carbonyl (C=O) groups is 2. The molecular formula is C25H27N3O3. The molecule has 1 aliphatic rings. The highest BCUT2D eigenvalue weighted by atomic mass is 16.4. The molecule has 1 saturated heterocycles. The average molecular weight is 418 g/mol. The molecule has 0 spiro atoms. The van der Waals surface area contributed by atoms with Gasteiger partial charge in [-0.2, -0.15) is 0 Å². The minimum absolute atomic E-state index is 0.0143. The summed E-state index contributed by atoms with van der Waals surface area (Å²) in [6.45, 7) is 7.04. The molecule has 1 aromatic heterocycles. The minimum atomic E-state index is -0.945. The quantitative estimate of drug-likeness (QED) is 0.682. The Balaban J connectivity index is 1.73. The first-order valence-corrected chi connectivity index (χ1v) is 10.7. The van der Waals surface area contributed by atoms with Crippen LogP contribution in [0.1, 0.15) is 29.8 Å². The number of nitrogens with zero attached hydrogens (tertiary/aromatic N) is 3. The van der Waals surface area contributed by atoms with Crippen LogP contribution in [-0.4, -0.2) is 57.9 Å². The zero-order chi connectivity index (χ0) is 22.0. The van der Waals surface area contributed by atoms with Crippen LogP contribution in [0.25, 0.3) is 22.2 Å². The third-order valence-corrected chi connectivity index (χ3v) is 5.81. The fourth-order valence-corrected chi connectivity index (χ4v) is 4.20. The number of carboxylic acid groups (broad SMARTS) is 1. The highest BCUT2D eigenvalue weighted by molar-refractivity contribution is 6.05. The molecule has 1 fully saturated rings. The summed E-state index contributed by atoms with van der Waals surface area (Å²) in [6.07, 6.45) is 0. The standard InChI is InChI=1S/C25H27N3O3/c1-17(2)24(29)28-14-12-27(13-15-28)16-20-22(25(30)31)19-10-6-7-11-21(19)26-23(20)18-8-4-3-5-9-18/h3-11,17H,12-16H2,1-2H3,(H,30,31). The van der Waals surface area contributed by atoms with E-state index in [4.69, 9.17) is 4.98 Å². The number of hydrogen-bond donors (Lipinski definition) is 1. The lowest BCUT2D eigenvalue weighted by molar-refractivity contribution is -0.136. The Hall–Kier alpha value is -3.25. The van der Waals surface area contributed by atoms with Crippen LogP contribution in [0, 0.1) is 5.92 Å². The number of aromatic carboxylic acids is 1. The number of rotatable bonds is 5. The fourth-order valence-electron chi connectivity index (χ4n) is 4.20. The molecule has 0 radical (unpaired) electrons. The molecule has 6 heteroatoms. The number of carbonyl (C=O) groups excluding carboxylic acids is 1. The van der Waals surface area contributed by atoms with Crippen molar-refractivity contribution in [1.82, 2.24) is 14.8 Å². The van der Waals surface area contributed by atoms with Gasteiger partial charge in [0.2, 0.25) is 5.91 Å². The Kier molecular flexibility index (Phi) is 6.00. The van der Waals surface area contributed by atoms with Crippen LogP contribution < -0.4 is 0 Å². The lowest BCUT2D eigenvalue weighted by Gasteiger charge is -2.36. The maximum Gasteiger partial charge on any atom is 0.336 e. The number of fused-ring (bicyclic) bond motifs is 1. The van der Waals surface area contributed by atoms with Crippen LogP contribution in [0.15, 0.2) is 54.6 Å². The van der Waals surface area contributed by atoms with Crippen molar-refractivity contribution in [2.24, 2.45) is 5.92 Å². The molecule has 31 heavy (non-hydrogen) atoms. The number of pyridine rings is 1. The number of aromatic nitrogens is 1. The van der Waals surface area contributed by atoms with Gasteiger partial charge in [-0.15, -0.1) is 0 Å². The van der Waals surface area contributed by atoms with E-state index in [9.17, 15) is 14.7 Å². The Labute approximate surface area is 182 Å². The van der Waals surface area contributed by atoms with E-state index in [1.54, 1.807) is 0 Å². The third-order valence-electron chi connectivity index (χ3n) is 5.81. The molecule has 3 aromatic rings. The molecule has 2 aromatic carbocycles. The smallest absolute Gasteiger partial charge is 0.336 e. The van der Waals surface area contributed by atoms with Gasteiger partial charge in [-0.1, -0.05) is 62.4 Å². The predicted octanol–water partition coefficient (Wildman–Crippen LogP) is 3.90. The highest BCUT2D eigenvalue weighted by Crippen LogP contribution is 2.31. The topological polar surface area (TPSA) is 73.7 Å². The van der Waals surface area contributed by atoms with E-state index in [0.717, 1.165) is 11.1 Å². The van der Waals surface area contributed by atoms with Gasteiger partial charge < -0.3 is 10.0 Å². The second-order valence-corrected chi connectivity index (χ2v) is 8.26. The lowest BCUT2D eigenvalue weighted by Crippen LogP contribution is -2.49. The largest absolute Gasteiger partial charge is 0.478 e. The van der Waals surface area contributed by atoms with Gasteiger partial charge in [0.05, 0.1) is 16.8 Å². The fraction of sp³-hybridized carbons (Fsp3) is 0.320. The zero-order valence-electron chi connectivity index (χ0n) is 17.9. The van der Waals surface area contributed by atoms with Gasteiger partial charge >= 0.3 is 5.97 Å². The van der Waals surface area contributed by atoms with Crippen LogP contribution >= 0.6 is 0 Å². The summed E-state index contributed by atoms with van der Waals surface area (Å²) in [6, 6.07) is 17.1. The molecule has 2 heterocycles. The first kappa shape index (κ1) is 21.0. The summed E-state index contributed by atoms with van der Waals surface area (Å²) < 4.78 is 0. The molecule has 160 valence electrons. The van der Waals surface area contributed by atoms with E-state index >= 15 is 0 Å². The van der Waals surface area contributed by atoms with Gasteiger partial charge in [0.25, 0.3) is 0 Å². The van der Waals surface area contributed by atoms with Gasteiger partial charge in [-0.25, -0.2) is 9.78 Å². The SMILES string of the molecule is CC(C)C(=O)N1CCN(Cc2c(-c3ccccc3)nc3ccccc3c2C(=O)O)CC1. The highest BCUT2D eigenvalue weighted by Gasteiger charge is 2.26. The second kappa shape index (κ2) is 8.86. The summed E-state index contributed by atoms with van der Waals surface area (Å²) in [7, 11) is 0. The normalized spacial score (nSPS) is 14.9. The Morgan fingerprint density at radius 3 is 2.26 bits per heavy atom. The van der Waals surface area contributed by atoms with Crippen molar-refractivity contribution in [3.8, 4) is 11.3 Å². The molecule has 6 nitrogen and oxygen atoms in total. The maximum absolute atomic E-state index is 12.4. The van der Waals surface area contributed by atoms with E-state index in [-0.39, 0.29) is 11.8 Å². The van der Waals surface area contributed by atoms with Crippen molar-refractivity contribution in [3.63, 3.8) is 0 Å². The first-order chi connectivity index (χ1) is 15.0. The van der Waals surface area contributed by atoms with Gasteiger partial charge in [0.1, 0.15) is 0 Å². The molecule has 0 bridgehead atoms. The molecular weight excluding hydrogens is 390 g/mol. The van der Waals surface area contributed by atoms with Crippen molar-refractivity contribution >= 4 is 22.8 Å². The summed E-state index contributed by atoms with van der Waals surface area (Å²) in [5, 5.41) is 10.8. The van der Waals surface area contributed by atoms with Crippen LogP contribution in [0.3, 0.4) is 0 Å². The second-order valence-electron chi connectivity index (χ2n) is 8.26. The van der Waals surface area contributed by atoms with E-state index < -0.39 is 5.97 Å². The Morgan fingerprint density at radius 1 is 0.968 bits per heavy atom. The van der Waals surface area contributed by atoms with Crippen molar-refractivity contribution < 1.29 is 14.7 Å². The van der Waals surface area contributed by atoms with Crippen molar-refractivity contribution in [1.29, 1.82) is 0 Å². The zero-order valence-corrected chi connectivity index (χ0v) is 17.9. The molecule has 1 aliphatic heterocycles. The number of benzene rings is 2. The minimum Gasteiger partial charge on any atom is -0.478 e. The number of amides is 1. The van der Waals surface area contributed by atoms with Crippen LogP contribution in [0.5, 0.6) is 0 Å². The van der Waals surface area contributed by atoms with Crippen molar-refractivity contribution in [3.05, 3.63) is 65.7 Å². The molecule has 0 aliphatic carbocycles. The van der Waals surface area contributed by atoms with Gasteiger partial charge in [-0.05, 0) is 6.07 Å². The summed E-state index contributed by atoms with van der Waals surface area (Å²) in [4.78, 5) is 33.7. The average Bonchev–Trinajstić information content (AvgIpc) is 2.78. The molecule has 0 saturated carbocycles. The third kappa shape index (κ3) is 4.30. The maximum atomic E-state index is 12.4. The molecule has 1 N–H and O–H groups in total. The van der Waals surface area contributed by atoms with Crippen molar-refractivity contribution in [2.75, 3.05) is 26.2 Å². The van der Waals surface area contributed by atoms with Crippen LogP contribution in [0.2, 0.25) is 0 Å². The molecule has 1 amide bonds. The van der Waals surface area contributed by atoms with Gasteiger partial charge in [-0.3, -0.25) is 9.69 Å². The van der Waals surface area contributed by atoms with Gasteiger partial charge in [0.15, 0.2) is 0 Å². The summed E-state index contributed by atoms with van der Waals surface area (Å²) in [5.41, 5.74) is 3.32. The van der Waals surface area contributed by atoms with Crippen molar-refractivity contribution in [2.45, 2.75) is 20.4 Å². The van der Waals surface area contributed by atoms with Crippen LogP contribution in [0.4, 0.5) is 0 Å². The van der Waals surface area contributed by atoms with Crippen LogP contribution in [-0.2, 0) is 11.3 Å². The predicted molar refractivity (Wildman–Crippen MR) is 121 cm³/mol. The first-order valence-electron chi connectivity index (χ1n) is 10.7. The molecule has 4 rings (SSSR count). The number of piperazine rings is 1. The molecule has 0 unspecified atom stereocenters. The Morgan fingerprint density at radius 2 is 1.61 bits per heavy atom. The van der Waals surface area contributed by atoms with E-state index in [2.05, 4.69) is 4.90 Å². The van der Waals surface area contributed by atoms with E-state index in [1.165, 1.54) is 0 Å². The lowest BCUT2D eigenvalue weighted by atomic mass is 9.96. The number of para-hydroxylation sites is 1.